The Bertz CT molecular complexity index is 594. The molecule has 106 valence electrons. The number of ether oxygens (including phenoxy) is 1. The smallest absolute Gasteiger partial charge is 0.404 e. The van der Waals surface area contributed by atoms with Crippen LogP contribution in [-0.4, -0.2) is 16.5 Å². The van der Waals surface area contributed by atoms with Crippen LogP contribution in [0.2, 0.25) is 0 Å². The van der Waals surface area contributed by atoms with Gasteiger partial charge < -0.3 is 9.84 Å². The van der Waals surface area contributed by atoms with Gasteiger partial charge in [0.2, 0.25) is 0 Å². The Hall–Kier alpha value is -2.08. The van der Waals surface area contributed by atoms with E-state index in [4.69, 9.17) is 5.11 Å². The van der Waals surface area contributed by atoms with Gasteiger partial charge in [0.05, 0.1) is 18.5 Å². The zero-order chi connectivity index (χ0) is 14.8. The zero-order valence-corrected chi connectivity index (χ0v) is 10.6. The fraction of sp³-hybridized carbons (Fsp3) is 0.214. The van der Waals surface area contributed by atoms with Gasteiger partial charge in [-0.2, -0.15) is 0 Å². The van der Waals surface area contributed by atoms with E-state index in [1.165, 1.54) is 13.0 Å². The van der Waals surface area contributed by atoms with Crippen molar-refractivity contribution >= 4 is 0 Å². The minimum absolute atomic E-state index is 0.0644. The van der Waals surface area contributed by atoms with Gasteiger partial charge in [-0.25, -0.2) is 0 Å². The number of aliphatic hydroxyl groups excluding tert-OH is 1. The lowest BCUT2D eigenvalue weighted by Gasteiger charge is -2.12. The zero-order valence-electron chi connectivity index (χ0n) is 10.6. The molecule has 1 aromatic carbocycles. The molecule has 6 heteroatoms. The van der Waals surface area contributed by atoms with Crippen molar-refractivity contribution in [2.24, 2.45) is 0 Å². The van der Waals surface area contributed by atoms with E-state index in [-0.39, 0.29) is 12.4 Å². The van der Waals surface area contributed by atoms with Crippen LogP contribution in [0.5, 0.6) is 5.75 Å². The van der Waals surface area contributed by atoms with E-state index in [2.05, 4.69) is 9.72 Å². The lowest BCUT2D eigenvalue weighted by molar-refractivity contribution is -0.274. The van der Waals surface area contributed by atoms with E-state index < -0.39 is 6.36 Å². The van der Waals surface area contributed by atoms with Crippen LogP contribution >= 0.6 is 0 Å². The highest BCUT2D eigenvalue weighted by molar-refractivity contribution is 5.61. The number of benzene rings is 1. The second-order valence-corrected chi connectivity index (χ2v) is 4.24. The maximum Gasteiger partial charge on any atom is 0.573 e. The minimum atomic E-state index is -4.73. The van der Waals surface area contributed by atoms with Crippen LogP contribution in [0.4, 0.5) is 13.2 Å². The Morgan fingerprint density at radius 1 is 1.20 bits per heavy atom. The summed E-state index contributed by atoms with van der Waals surface area (Å²) >= 11 is 0. The second-order valence-electron chi connectivity index (χ2n) is 4.24. The molecule has 0 aliphatic carbocycles. The third-order valence-electron chi connectivity index (χ3n) is 2.72. The average Bonchev–Trinajstić information content (AvgIpc) is 2.40. The van der Waals surface area contributed by atoms with E-state index in [0.717, 1.165) is 17.3 Å². The molecule has 2 rings (SSSR count). The summed E-state index contributed by atoms with van der Waals surface area (Å²) in [5.41, 5.74) is 2.39. The largest absolute Gasteiger partial charge is 0.573 e. The summed E-state index contributed by atoms with van der Waals surface area (Å²) in [4.78, 5) is 3.96. The van der Waals surface area contributed by atoms with Crippen LogP contribution in [-0.2, 0) is 6.61 Å². The lowest BCUT2D eigenvalue weighted by atomic mass is 10.1. The molecule has 1 heterocycles. The standard InChI is InChI=1S/C14H12F3NO2/c1-9-6-12(11-4-2-10(8-19)3-5-11)18-7-13(9)20-14(15,16)17/h2-7,19H,8H2,1H3. The molecule has 0 fully saturated rings. The molecule has 0 aliphatic rings. The maximum absolute atomic E-state index is 12.2. The second kappa shape index (κ2) is 5.50. The van der Waals surface area contributed by atoms with Crippen molar-refractivity contribution < 1.29 is 23.0 Å². The molecule has 0 amide bonds. The molecule has 0 spiro atoms. The topological polar surface area (TPSA) is 42.4 Å². The number of alkyl halides is 3. The van der Waals surface area contributed by atoms with Gasteiger partial charge in [-0.05, 0) is 24.1 Å². The highest BCUT2D eigenvalue weighted by atomic mass is 19.4. The van der Waals surface area contributed by atoms with Crippen molar-refractivity contribution in [2.45, 2.75) is 19.9 Å². The average molecular weight is 283 g/mol. The van der Waals surface area contributed by atoms with Crippen LogP contribution in [0, 0.1) is 6.92 Å². The molecular weight excluding hydrogens is 271 g/mol. The van der Waals surface area contributed by atoms with Gasteiger partial charge in [-0.3, -0.25) is 4.98 Å². The first-order chi connectivity index (χ1) is 9.39. The van der Waals surface area contributed by atoms with Crippen LogP contribution in [0.1, 0.15) is 11.1 Å². The van der Waals surface area contributed by atoms with Gasteiger partial charge in [-0.15, -0.1) is 13.2 Å². The van der Waals surface area contributed by atoms with Crippen molar-refractivity contribution in [3.63, 3.8) is 0 Å². The Morgan fingerprint density at radius 3 is 2.35 bits per heavy atom. The number of rotatable bonds is 3. The number of aliphatic hydroxyl groups is 1. The number of nitrogens with zero attached hydrogens (tertiary/aromatic N) is 1. The molecular formula is C14H12F3NO2. The first-order valence-corrected chi connectivity index (χ1v) is 5.81. The van der Waals surface area contributed by atoms with E-state index >= 15 is 0 Å². The third-order valence-corrected chi connectivity index (χ3v) is 2.72. The molecule has 0 aliphatic heterocycles. The number of aromatic nitrogens is 1. The van der Waals surface area contributed by atoms with Gasteiger partial charge >= 0.3 is 6.36 Å². The van der Waals surface area contributed by atoms with Crippen LogP contribution in [0.25, 0.3) is 11.3 Å². The molecule has 20 heavy (non-hydrogen) atoms. The monoisotopic (exact) mass is 283 g/mol. The van der Waals surface area contributed by atoms with Crippen molar-refractivity contribution in [3.8, 4) is 17.0 Å². The van der Waals surface area contributed by atoms with Crippen molar-refractivity contribution in [1.82, 2.24) is 4.98 Å². The number of pyridine rings is 1. The first-order valence-electron chi connectivity index (χ1n) is 5.81. The highest BCUT2D eigenvalue weighted by Gasteiger charge is 2.31. The van der Waals surface area contributed by atoms with E-state index in [1.807, 2.05) is 0 Å². The Morgan fingerprint density at radius 2 is 1.85 bits per heavy atom. The quantitative estimate of drug-likeness (QED) is 0.938. The Labute approximate surface area is 113 Å². The van der Waals surface area contributed by atoms with Crippen LogP contribution in [0.15, 0.2) is 36.5 Å². The van der Waals surface area contributed by atoms with E-state index in [0.29, 0.717) is 11.3 Å². The van der Waals surface area contributed by atoms with Gasteiger partial charge in [0.15, 0.2) is 5.75 Å². The molecule has 0 saturated heterocycles. The number of aryl methyl sites for hydroxylation is 1. The molecule has 0 radical (unpaired) electrons. The van der Waals surface area contributed by atoms with E-state index in [1.54, 1.807) is 24.3 Å². The molecule has 3 nitrogen and oxygen atoms in total. The van der Waals surface area contributed by atoms with Gasteiger partial charge in [0.25, 0.3) is 0 Å². The summed E-state index contributed by atoms with van der Waals surface area (Å²) in [5, 5.41) is 8.95. The third kappa shape index (κ3) is 3.48. The highest BCUT2D eigenvalue weighted by Crippen LogP contribution is 2.28. The lowest BCUT2D eigenvalue weighted by Crippen LogP contribution is -2.17. The number of hydrogen-bond donors (Lipinski definition) is 1. The molecule has 1 N–H and O–H groups in total. The SMILES string of the molecule is Cc1cc(-c2ccc(CO)cc2)ncc1OC(F)(F)F. The minimum Gasteiger partial charge on any atom is -0.404 e. The Kier molecular flexibility index (Phi) is 3.94. The molecule has 0 saturated carbocycles. The summed E-state index contributed by atoms with van der Waals surface area (Å²) in [6, 6.07) is 8.48. The Balaban J connectivity index is 2.28. The van der Waals surface area contributed by atoms with Gasteiger partial charge in [-0.1, -0.05) is 24.3 Å². The van der Waals surface area contributed by atoms with Crippen molar-refractivity contribution in [2.75, 3.05) is 0 Å². The molecule has 0 atom stereocenters. The van der Waals surface area contributed by atoms with Gasteiger partial charge in [0.1, 0.15) is 0 Å². The summed E-state index contributed by atoms with van der Waals surface area (Å²) in [6.07, 6.45) is -3.67. The van der Waals surface area contributed by atoms with Gasteiger partial charge in [0, 0.05) is 5.56 Å². The fourth-order valence-corrected chi connectivity index (χ4v) is 1.71. The van der Waals surface area contributed by atoms with Crippen molar-refractivity contribution in [1.29, 1.82) is 0 Å². The van der Waals surface area contributed by atoms with Crippen molar-refractivity contribution in [3.05, 3.63) is 47.7 Å². The van der Waals surface area contributed by atoms with Crippen LogP contribution in [0.3, 0.4) is 0 Å². The molecule has 0 unspecified atom stereocenters. The number of hydrogen-bond acceptors (Lipinski definition) is 3. The first kappa shape index (κ1) is 14.3. The molecule has 2 aromatic rings. The summed E-state index contributed by atoms with van der Waals surface area (Å²) in [7, 11) is 0. The summed E-state index contributed by atoms with van der Waals surface area (Å²) in [5.74, 6) is -0.312. The fourth-order valence-electron chi connectivity index (χ4n) is 1.71. The van der Waals surface area contributed by atoms with Crippen LogP contribution < -0.4 is 4.74 Å². The normalized spacial score (nSPS) is 11.4. The van der Waals surface area contributed by atoms with E-state index in [9.17, 15) is 13.2 Å². The molecule has 1 aromatic heterocycles. The predicted molar refractivity (Wildman–Crippen MR) is 67.0 cm³/mol. The predicted octanol–water partition coefficient (Wildman–Crippen LogP) is 3.45. The summed E-state index contributed by atoms with van der Waals surface area (Å²) in [6.45, 7) is 1.46. The maximum atomic E-state index is 12.2. The summed E-state index contributed by atoms with van der Waals surface area (Å²) < 4.78 is 40.3. The number of halogens is 3. The molecule has 0 bridgehead atoms.